The van der Waals surface area contributed by atoms with Gasteiger partial charge in [-0.3, -0.25) is 4.79 Å². The van der Waals surface area contributed by atoms with Crippen LogP contribution in [-0.2, 0) is 0 Å². The Hall–Kier alpha value is -1.37. The van der Waals surface area contributed by atoms with Crippen molar-refractivity contribution in [2.75, 3.05) is 0 Å². The van der Waals surface area contributed by atoms with E-state index in [1.54, 1.807) is 0 Å². The second-order valence-electron chi connectivity index (χ2n) is 5.13. The van der Waals surface area contributed by atoms with E-state index in [4.69, 9.17) is 0 Å². The molecule has 1 aliphatic rings. The van der Waals surface area contributed by atoms with Gasteiger partial charge in [-0.1, -0.05) is 36.8 Å². The molecule has 17 heavy (non-hydrogen) atoms. The molecule has 0 radical (unpaired) electrons. The van der Waals surface area contributed by atoms with Gasteiger partial charge in [0.25, 0.3) is 0 Å². The summed E-state index contributed by atoms with van der Waals surface area (Å²) in [5.74, 6) is 0.656. The molecule has 0 bridgehead atoms. The number of aryl methyl sites for hydroxylation is 1. The molecule has 1 unspecified atom stereocenters. The Kier molecular flexibility index (Phi) is 3.46. The van der Waals surface area contributed by atoms with Gasteiger partial charge in [0, 0.05) is 11.1 Å². The Morgan fingerprint density at radius 2 is 1.94 bits per heavy atom. The van der Waals surface area contributed by atoms with Gasteiger partial charge in [-0.05, 0) is 44.6 Å². The number of hydrogen-bond donors (Lipinski definition) is 0. The van der Waals surface area contributed by atoms with Crippen LogP contribution in [-0.4, -0.2) is 5.78 Å². The number of ketones is 1. The first-order chi connectivity index (χ1) is 8.11. The lowest BCUT2D eigenvalue weighted by Crippen LogP contribution is -2.17. The topological polar surface area (TPSA) is 17.1 Å². The molecule has 0 fully saturated rings. The Balaban J connectivity index is 2.41. The fourth-order valence-electron chi connectivity index (χ4n) is 2.76. The molecule has 1 aromatic rings. The first-order valence-corrected chi connectivity index (χ1v) is 6.41. The molecule has 1 aliphatic carbocycles. The third-order valence-electron chi connectivity index (χ3n) is 3.78. The summed E-state index contributed by atoms with van der Waals surface area (Å²) in [5.41, 5.74) is 4.30. The van der Waals surface area contributed by atoms with Crippen molar-refractivity contribution < 1.29 is 4.79 Å². The van der Waals surface area contributed by atoms with Crippen LogP contribution in [0.25, 0.3) is 0 Å². The lowest BCUT2D eigenvalue weighted by atomic mass is 9.80. The summed E-state index contributed by atoms with van der Waals surface area (Å²) in [5, 5.41) is 0. The largest absolute Gasteiger partial charge is 0.289 e. The summed E-state index contributed by atoms with van der Waals surface area (Å²) in [6.07, 6.45) is 3.44. The first kappa shape index (κ1) is 12.1. The molecule has 1 heteroatoms. The average Bonchev–Trinajstić information content (AvgIpc) is 2.29. The molecule has 0 aliphatic heterocycles. The molecular weight excluding hydrogens is 208 g/mol. The van der Waals surface area contributed by atoms with E-state index in [1.165, 1.54) is 12.0 Å². The molecule has 0 amide bonds. The van der Waals surface area contributed by atoms with Crippen molar-refractivity contribution in [1.82, 2.24) is 0 Å². The number of hydrogen-bond acceptors (Lipinski definition) is 1. The van der Waals surface area contributed by atoms with Crippen LogP contribution in [0.4, 0.5) is 0 Å². The van der Waals surface area contributed by atoms with E-state index in [9.17, 15) is 4.79 Å². The SMILES string of the molecule is CC1=C(C(=O)c2ccccc2C)C(C)CCC1. The second kappa shape index (κ2) is 4.87. The fraction of sp³-hybridized carbons (Fsp3) is 0.438. The van der Waals surface area contributed by atoms with Crippen molar-refractivity contribution in [2.24, 2.45) is 5.92 Å². The van der Waals surface area contributed by atoms with Crippen molar-refractivity contribution in [3.8, 4) is 0 Å². The second-order valence-corrected chi connectivity index (χ2v) is 5.13. The monoisotopic (exact) mass is 228 g/mol. The summed E-state index contributed by atoms with van der Waals surface area (Å²) in [7, 11) is 0. The number of allylic oxidation sites excluding steroid dienone is 2. The highest BCUT2D eigenvalue weighted by atomic mass is 16.1. The third-order valence-corrected chi connectivity index (χ3v) is 3.78. The maximum absolute atomic E-state index is 12.6. The number of rotatable bonds is 2. The Bertz CT molecular complexity index is 468. The van der Waals surface area contributed by atoms with Gasteiger partial charge >= 0.3 is 0 Å². The highest BCUT2D eigenvalue weighted by Gasteiger charge is 2.24. The smallest absolute Gasteiger partial charge is 0.189 e. The maximum Gasteiger partial charge on any atom is 0.189 e. The predicted octanol–water partition coefficient (Wildman–Crippen LogP) is 4.31. The van der Waals surface area contributed by atoms with Gasteiger partial charge in [-0.25, -0.2) is 0 Å². The van der Waals surface area contributed by atoms with Gasteiger partial charge in [-0.15, -0.1) is 0 Å². The Morgan fingerprint density at radius 1 is 1.24 bits per heavy atom. The maximum atomic E-state index is 12.6. The molecule has 1 atom stereocenters. The molecule has 1 aromatic carbocycles. The van der Waals surface area contributed by atoms with E-state index in [2.05, 4.69) is 13.8 Å². The Morgan fingerprint density at radius 3 is 2.59 bits per heavy atom. The molecule has 0 saturated carbocycles. The van der Waals surface area contributed by atoms with Crippen LogP contribution in [0.1, 0.15) is 49.0 Å². The van der Waals surface area contributed by atoms with Crippen molar-refractivity contribution in [2.45, 2.75) is 40.0 Å². The van der Waals surface area contributed by atoms with Gasteiger partial charge in [0.1, 0.15) is 0 Å². The zero-order valence-corrected chi connectivity index (χ0v) is 10.9. The van der Waals surface area contributed by atoms with E-state index >= 15 is 0 Å². The quantitative estimate of drug-likeness (QED) is 0.689. The van der Waals surface area contributed by atoms with Crippen molar-refractivity contribution in [3.63, 3.8) is 0 Å². The molecule has 90 valence electrons. The van der Waals surface area contributed by atoms with Gasteiger partial charge in [0.05, 0.1) is 0 Å². The fourth-order valence-corrected chi connectivity index (χ4v) is 2.76. The molecule has 2 rings (SSSR count). The van der Waals surface area contributed by atoms with E-state index in [0.29, 0.717) is 5.92 Å². The normalized spacial score (nSPS) is 20.5. The summed E-state index contributed by atoms with van der Waals surface area (Å²) in [6, 6.07) is 7.89. The van der Waals surface area contributed by atoms with Crippen LogP contribution in [0.3, 0.4) is 0 Å². The summed E-state index contributed by atoms with van der Waals surface area (Å²) >= 11 is 0. The number of benzene rings is 1. The minimum atomic E-state index is 0.243. The summed E-state index contributed by atoms with van der Waals surface area (Å²) in [4.78, 5) is 12.6. The zero-order valence-electron chi connectivity index (χ0n) is 10.9. The summed E-state index contributed by atoms with van der Waals surface area (Å²) in [6.45, 7) is 6.30. The third kappa shape index (κ3) is 2.33. The van der Waals surface area contributed by atoms with Crippen LogP contribution in [0.2, 0.25) is 0 Å². The van der Waals surface area contributed by atoms with Crippen LogP contribution >= 0.6 is 0 Å². The zero-order chi connectivity index (χ0) is 12.4. The molecular formula is C16H20O. The van der Waals surface area contributed by atoms with Crippen LogP contribution in [0, 0.1) is 12.8 Å². The molecule has 0 saturated heterocycles. The number of carbonyl (C=O) groups is 1. The number of Topliss-reactive ketones (excluding diaryl/α,β-unsaturated/α-hetero) is 1. The van der Waals surface area contributed by atoms with Gasteiger partial charge in [-0.2, -0.15) is 0 Å². The van der Waals surface area contributed by atoms with E-state index in [-0.39, 0.29) is 5.78 Å². The van der Waals surface area contributed by atoms with Crippen LogP contribution in [0.15, 0.2) is 35.4 Å². The first-order valence-electron chi connectivity index (χ1n) is 6.41. The minimum absolute atomic E-state index is 0.243. The minimum Gasteiger partial charge on any atom is -0.289 e. The summed E-state index contributed by atoms with van der Waals surface area (Å²) < 4.78 is 0. The predicted molar refractivity (Wildman–Crippen MR) is 71.2 cm³/mol. The lowest BCUT2D eigenvalue weighted by Gasteiger charge is -2.23. The van der Waals surface area contributed by atoms with Crippen molar-refractivity contribution >= 4 is 5.78 Å². The number of carbonyl (C=O) groups excluding carboxylic acids is 1. The van der Waals surface area contributed by atoms with E-state index in [0.717, 1.165) is 29.5 Å². The standard InChI is InChI=1S/C16H20O/c1-11-7-4-5-10-14(11)16(17)15-12(2)8-6-9-13(15)3/h4-5,7,10,12H,6,8-9H2,1-3H3. The molecule has 0 aromatic heterocycles. The van der Waals surface area contributed by atoms with Crippen molar-refractivity contribution in [1.29, 1.82) is 0 Å². The average molecular weight is 228 g/mol. The highest BCUT2D eigenvalue weighted by molar-refractivity contribution is 6.10. The van der Waals surface area contributed by atoms with E-state index in [1.807, 2.05) is 31.2 Å². The van der Waals surface area contributed by atoms with Crippen molar-refractivity contribution in [3.05, 3.63) is 46.5 Å². The van der Waals surface area contributed by atoms with Gasteiger partial charge in [0.15, 0.2) is 5.78 Å². The van der Waals surface area contributed by atoms with E-state index < -0.39 is 0 Å². The molecule has 1 nitrogen and oxygen atoms in total. The lowest BCUT2D eigenvalue weighted by molar-refractivity contribution is 0.101. The molecule has 0 heterocycles. The van der Waals surface area contributed by atoms with Gasteiger partial charge in [0.2, 0.25) is 0 Å². The van der Waals surface area contributed by atoms with Crippen LogP contribution < -0.4 is 0 Å². The highest BCUT2D eigenvalue weighted by Crippen LogP contribution is 2.32. The van der Waals surface area contributed by atoms with Crippen LogP contribution in [0.5, 0.6) is 0 Å². The Labute approximate surface area is 104 Å². The molecule has 0 spiro atoms. The molecule has 0 N–H and O–H groups in total. The van der Waals surface area contributed by atoms with Gasteiger partial charge < -0.3 is 0 Å².